The van der Waals surface area contributed by atoms with Crippen LogP contribution in [0.5, 0.6) is 5.75 Å². The summed E-state index contributed by atoms with van der Waals surface area (Å²) in [4.78, 5) is 27.5. The molecule has 0 saturated carbocycles. The van der Waals surface area contributed by atoms with Gasteiger partial charge in [-0.2, -0.15) is 0 Å². The van der Waals surface area contributed by atoms with Gasteiger partial charge in [0.1, 0.15) is 5.75 Å². The van der Waals surface area contributed by atoms with E-state index in [0.29, 0.717) is 29.1 Å². The van der Waals surface area contributed by atoms with E-state index in [2.05, 4.69) is 5.32 Å². The summed E-state index contributed by atoms with van der Waals surface area (Å²) in [6, 6.07) is 13.5. The van der Waals surface area contributed by atoms with Crippen LogP contribution < -0.4 is 14.4 Å². The summed E-state index contributed by atoms with van der Waals surface area (Å²) in [6.45, 7) is 3.29. The number of rotatable bonds is 8. The van der Waals surface area contributed by atoms with Crippen LogP contribution in [0.3, 0.4) is 0 Å². The molecule has 0 aromatic heterocycles. The standard InChI is InChI=1S/C23H29N3O5S/c1-4-21(31-18-13-11-17(12-14-18)25(2)32(3,29)30)22(27)24-20-10-6-5-9-19(20)23(28)26-15-7-8-16-26/h5-6,9-14,21H,4,7-8,15-16H2,1-3H3,(H,24,27)/t21-/m0/s1. The van der Waals surface area contributed by atoms with Gasteiger partial charge in [-0.1, -0.05) is 19.1 Å². The first kappa shape index (κ1) is 23.6. The minimum atomic E-state index is -3.36. The molecule has 172 valence electrons. The first-order valence-corrected chi connectivity index (χ1v) is 12.5. The lowest BCUT2D eigenvalue weighted by molar-refractivity contribution is -0.122. The van der Waals surface area contributed by atoms with Gasteiger partial charge in [0, 0.05) is 20.1 Å². The second-order valence-corrected chi connectivity index (χ2v) is 9.79. The minimum absolute atomic E-state index is 0.0852. The van der Waals surface area contributed by atoms with Crippen LogP contribution >= 0.6 is 0 Å². The maximum Gasteiger partial charge on any atom is 0.265 e. The van der Waals surface area contributed by atoms with Gasteiger partial charge in [-0.05, 0) is 55.7 Å². The smallest absolute Gasteiger partial charge is 0.265 e. The van der Waals surface area contributed by atoms with Crippen LogP contribution in [-0.2, 0) is 14.8 Å². The maximum atomic E-state index is 12.9. The molecule has 8 nitrogen and oxygen atoms in total. The number of amides is 2. The van der Waals surface area contributed by atoms with Gasteiger partial charge in [-0.3, -0.25) is 13.9 Å². The molecule has 3 rings (SSSR count). The molecule has 1 saturated heterocycles. The van der Waals surface area contributed by atoms with Crippen LogP contribution in [0.2, 0.25) is 0 Å². The topological polar surface area (TPSA) is 96.0 Å². The lowest BCUT2D eigenvalue weighted by Crippen LogP contribution is -2.34. The van der Waals surface area contributed by atoms with E-state index >= 15 is 0 Å². The summed E-state index contributed by atoms with van der Waals surface area (Å²) < 4.78 is 30.4. The third-order valence-electron chi connectivity index (χ3n) is 5.45. The number of nitrogens with one attached hydrogen (secondary N) is 1. The van der Waals surface area contributed by atoms with Crippen molar-refractivity contribution in [3.8, 4) is 5.75 Å². The molecule has 1 atom stereocenters. The number of anilines is 2. The lowest BCUT2D eigenvalue weighted by Gasteiger charge is -2.21. The van der Waals surface area contributed by atoms with Crippen LogP contribution in [0.1, 0.15) is 36.5 Å². The van der Waals surface area contributed by atoms with E-state index in [0.717, 1.165) is 36.5 Å². The zero-order valence-corrected chi connectivity index (χ0v) is 19.4. The van der Waals surface area contributed by atoms with E-state index in [4.69, 9.17) is 4.74 Å². The Morgan fingerprint density at radius 3 is 2.31 bits per heavy atom. The molecule has 0 spiro atoms. The number of carbonyl (C=O) groups is 2. The van der Waals surface area contributed by atoms with Crippen LogP contribution in [0.4, 0.5) is 11.4 Å². The van der Waals surface area contributed by atoms with Crippen molar-refractivity contribution < 1.29 is 22.7 Å². The Balaban J connectivity index is 1.70. The van der Waals surface area contributed by atoms with Gasteiger partial charge < -0.3 is 15.0 Å². The number of hydrogen-bond donors (Lipinski definition) is 1. The highest BCUT2D eigenvalue weighted by Crippen LogP contribution is 2.23. The van der Waals surface area contributed by atoms with Crippen molar-refractivity contribution in [1.29, 1.82) is 0 Å². The number of hydrogen-bond acceptors (Lipinski definition) is 5. The van der Waals surface area contributed by atoms with Crippen LogP contribution in [0, 0.1) is 0 Å². The Kier molecular flexibility index (Phi) is 7.40. The molecule has 0 radical (unpaired) electrons. The van der Waals surface area contributed by atoms with Crippen molar-refractivity contribution >= 4 is 33.2 Å². The molecule has 1 aliphatic heterocycles. The molecular formula is C23H29N3O5S. The molecule has 1 heterocycles. The van der Waals surface area contributed by atoms with E-state index < -0.39 is 16.1 Å². The second kappa shape index (κ2) is 10.0. The van der Waals surface area contributed by atoms with E-state index in [1.807, 2.05) is 6.92 Å². The SMILES string of the molecule is CC[C@H](Oc1ccc(N(C)S(C)(=O)=O)cc1)C(=O)Nc1ccccc1C(=O)N1CCCC1. The van der Waals surface area contributed by atoms with Crippen molar-refractivity contribution in [2.45, 2.75) is 32.3 Å². The van der Waals surface area contributed by atoms with Crippen molar-refractivity contribution in [2.24, 2.45) is 0 Å². The van der Waals surface area contributed by atoms with Crippen LogP contribution in [-0.4, -0.2) is 57.6 Å². The molecule has 32 heavy (non-hydrogen) atoms. The Labute approximate surface area is 189 Å². The number of sulfonamides is 1. The second-order valence-electron chi connectivity index (χ2n) is 7.77. The van der Waals surface area contributed by atoms with Gasteiger partial charge in [0.25, 0.3) is 11.8 Å². The number of nitrogens with zero attached hydrogens (tertiary/aromatic N) is 2. The average Bonchev–Trinajstić information content (AvgIpc) is 3.31. The van der Waals surface area contributed by atoms with Crippen LogP contribution in [0.25, 0.3) is 0 Å². The molecule has 1 aliphatic rings. The number of carbonyl (C=O) groups excluding carboxylic acids is 2. The predicted molar refractivity (Wildman–Crippen MR) is 125 cm³/mol. The average molecular weight is 460 g/mol. The van der Waals surface area contributed by atoms with E-state index in [1.165, 1.54) is 7.05 Å². The van der Waals surface area contributed by atoms with Gasteiger partial charge in [0.15, 0.2) is 6.10 Å². The fourth-order valence-electron chi connectivity index (χ4n) is 3.50. The summed E-state index contributed by atoms with van der Waals surface area (Å²) in [7, 11) is -1.90. The van der Waals surface area contributed by atoms with Gasteiger partial charge in [-0.15, -0.1) is 0 Å². The Morgan fingerprint density at radius 2 is 1.72 bits per heavy atom. The molecule has 0 aliphatic carbocycles. The van der Waals surface area contributed by atoms with E-state index in [-0.39, 0.29) is 11.8 Å². The molecule has 1 fully saturated rings. The van der Waals surface area contributed by atoms with Gasteiger partial charge in [-0.25, -0.2) is 8.42 Å². The molecule has 2 amide bonds. The summed E-state index contributed by atoms with van der Waals surface area (Å²) in [6.07, 6.45) is 2.75. The highest BCUT2D eigenvalue weighted by molar-refractivity contribution is 7.92. The van der Waals surface area contributed by atoms with E-state index in [1.54, 1.807) is 53.4 Å². The number of benzene rings is 2. The number of ether oxygens (including phenoxy) is 1. The largest absolute Gasteiger partial charge is 0.481 e. The van der Waals surface area contributed by atoms with Crippen molar-refractivity contribution in [2.75, 3.05) is 36.0 Å². The molecule has 2 aromatic carbocycles. The van der Waals surface area contributed by atoms with Crippen molar-refractivity contribution in [3.05, 3.63) is 54.1 Å². The third kappa shape index (κ3) is 5.59. The highest BCUT2D eigenvalue weighted by Gasteiger charge is 2.24. The zero-order chi connectivity index (χ0) is 23.3. The molecular weight excluding hydrogens is 430 g/mol. The third-order valence-corrected chi connectivity index (χ3v) is 6.65. The van der Waals surface area contributed by atoms with Crippen LogP contribution in [0.15, 0.2) is 48.5 Å². The lowest BCUT2D eigenvalue weighted by atomic mass is 10.1. The Bertz CT molecular complexity index is 1060. The highest BCUT2D eigenvalue weighted by atomic mass is 32.2. The Hall–Kier alpha value is -3.07. The predicted octanol–water partition coefficient (Wildman–Crippen LogP) is 3.11. The molecule has 0 unspecified atom stereocenters. The fourth-order valence-corrected chi connectivity index (χ4v) is 4.00. The maximum absolute atomic E-state index is 12.9. The molecule has 9 heteroatoms. The number of likely N-dealkylation sites (tertiary alicyclic amines) is 1. The first-order valence-electron chi connectivity index (χ1n) is 10.6. The fraction of sp³-hybridized carbons (Fsp3) is 0.391. The normalized spacial score (nSPS) is 14.7. The molecule has 0 bridgehead atoms. The summed E-state index contributed by atoms with van der Waals surface area (Å²) in [5.74, 6) is 0.00327. The van der Waals surface area contributed by atoms with E-state index in [9.17, 15) is 18.0 Å². The zero-order valence-electron chi connectivity index (χ0n) is 18.6. The van der Waals surface area contributed by atoms with Gasteiger partial charge >= 0.3 is 0 Å². The van der Waals surface area contributed by atoms with Crippen molar-refractivity contribution in [1.82, 2.24) is 4.90 Å². The first-order chi connectivity index (χ1) is 15.2. The van der Waals surface area contributed by atoms with Crippen molar-refractivity contribution in [3.63, 3.8) is 0 Å². The van der Waals surface area contributed by atoms with Gasteiger partial charge in [0.2, 0.25) is 10.0 Å². The summed E-state index contributed by atoms with van der Waals surface area (Å²) in [5, 5.41) is 2.84. The molecule has 2 aromatic rings. The molecule has 1 N–H and O–H groups in total. The monoisotopic (exact) mass is 459 g/mol. The Morgan fingerprint density at radius 1 is 1.09 bits per heavy atom. The quantitative estimate of drug-likeness (QED) is 0.654. The summed E-state index contributed by atoms with van der Waals surface area (Å²) in [5.41, 5.74) is 1.42. The summed E-state index contributed by atoms with van der Waals surface area (Å²) >= 11 is 0. The number of para-hydroxylation sites is 1. The van der Waals surface area contributed by atoms with Gasteiger partial charge in [0.05, 0.1) is 23.2 Å². The minimum Gasteiger partial charge on any atom is -0.481 e.